The lowest BCUT2D eigenvalue weighted by molar-refractivity contribution is -0.568. The van der Waals surface area contributed by atoms with E-state index in [4.69, 9.17) is 19.2 Å². The molecule has 0 aromatic heterocycles. The topological polar surface area (TPSA) is 36.9 Å². The fourth-order valence-corrected chi connectivity index (χ4v) is 5.43. The van der Waals surface area contributed by atoms with Crippen LogP contribution in [0.5, 0.6) is 0 Å². The molecule has 0 radical (unpaired) electrons. The molecule has 0 N–H and O–H groups in total. The van der Waals surface area contributed by atoms with Crippen LogP contribution in [0.15, 0.2) is 0 Å². The summed E-state index contributed by atoms with van der Waals surface area (Å²) in [5.74, 6) is 1.25. The molecule has 4 heterocycles. The molecule has 8 atom stereocenters. The van der Waals surface area contributed by atoms with Gasteiger partial charge in [-0.3, -0.25) is 0 Å². The number of alkyl halides is 1. The van der Waals surface area contributed by atoms with Gasteiger partial charge < -0.3 is 9.47 Å². The van der Waals surface area contributed by atoms with E-state index in [1.807, 2.05) is 6.92 Å². The quantitative estimate of drug-likeness (QED) is 0.496. The normalized spacial score (nSPS) is 61.8. The summed E-state index contributed by atoms with van der Waals surface area (Å²) in [6, 6.07) is 0. The Morgan fingerprint density at radius 1 is 1.05 bits per heavy atom. The zero-order chi connectivity index (χ0) is 14.1. The summed E-state index contributed by atoms with van der Waals surface area (Å²) in [6.45, 7) is 6.54. The summed E-state index contributed by atoms with van der Waals surface area (Å²) in [5, 5.41) is 0.0312. The van der Waals surface area contributed by atoms with Gasteiger partial charge in [-0.05, 0) is 43.9 Å². The van der Waals surface area contributed by atoms with Crippen molar-refractivity contribution in [1.29, 1.82) is 0 Å². The lowest BCUT2D eigenvalue weighted by atomic mass is 9.58. The fourth-order valence-electron chi connectivity index (χ4n) is 4.86. The molecule has 4 nitrogen and oxygen atoms in total. The van der Waals surface area contributed by atoms with Crippen molar-refractivity contribution in [2.75, 3.05) is 0 Å². The third-order valence-corrected chi connectivity index (χ3v) is 7.13. The van der Waals surface area contributed by atoms with Crippen molar-refractivity contribution in [1.82, 2.24) is 0 Å². The molecule has 20 heavy (non-hydrogen) atoms. The maximum atomic E-state index is 6.20. The van der Waals surface area contributed by atoms with Crippen LogP contribution >= 0.6 is 15.9 Å². The van der Waals surface area contributed by atoms with Crippen molar-refractivity contribution < 1.29 is 19.2 Å². The second-order valence-corrected chi connectivity index (χ2v) is 8.16. The molecule has 5 rings (SSSR count). The van der Waals surface area contributed by atoms with Crippen LogP contribution in [0, 0.1) is 23.7 Å². The minimum atomic E-state index is -0.662. The Morgan fingerprint density at radius 2 is 1.85 bits per heavy atom. The first-order valence-electron chi connectivity index (χ1n) is 7.80. The second-order valence-electron chi connectivity index (χ2n) is 7.26. The average Bonchev–Trinajstić information content (AvgIpc) is 2.63. The summed E-state index contributed by atoms with van der Waals surface area (Å²) in [5.41, 5.74) is -0.419. The highest BCUT2D eigenvalue weighted by atomic mass is 79.9. The maximum Gasteiger partial charge on any atom is 0.201 e. The fraction of sp³-hybridized carbons (Fsp3) is 1.00. The zero-order valence-electron chi connectivity index (χ0n) is 12.3. The molecule has 1 spiro atoms. The predicted octanol–water partition coefficient (Wildman–Crippen LogP) is 3.59. The molecular formula is C15H23BrO4. The van der Waals surface area contributed by atoms with Crippen LogP contribution in [0.4, 0.5) is 0 Å². The molecular weight excluding hydrogens is 324 g/mol. The smallest absolute Gasteiger partial charge is 0.201 e. The maximum absolute atomic E-state index is 6.20. The third-order valence-electron chi connectivity index (χ3n) is 6.08. The van der Waals surface area contributed by atoms with E-state index in [2.05, 4.69) is 29.8 Å². The summed E-state index contributed by atoms with van der Waals surface area (Å²) in [4.78, 5) is 11.8. The minimum absolute atomic E-state index is 0.0312. The van der Waals surface area contributed by atoms with Crippen molar-refractivity contribution in [2.24, 2.45) is 23.7 Å². The molecule has 1 saturated carbocycles. The summed E-state index contributed by atoms with van der Waals surface area (Å²) >= 11 is 3.67. The summed E-state index contributed by atoms with van der Waals surface area (Å²) in [7, 11) is 0. The second kappa shape index (κ2) is 4.42. The first-order chi connectivity index (χ1) is 9.46. The molecule has 5 fully saturated rings. The lowest BCUT2D eigenvalue weighted by Crippen LogP contribution is -2.69. The highest BCUT2D eigenvalue weighted by Gasteiger charge is 2.69. The number of fused-ring (bicyclic) bond motifs is 2. The Kier molecular flexibility index (Phi) is 3.08. The van der Waals surface area contributed by atoms with Crippen LogP contribution in [-0.4, -0.2) is 22.7 Å². The van der Waals surface area contributed by atoms with Crippen molar-refractivity contribution in [3.8, 4) is 0 Å². The van der Waals surface area contributed by atoms with Gasteiger partial charge in [-0.2, -0.15) is 0 Å². The standard InChI is InChI=1S/C15H23BrO4/c1-8-4-5-11-9(2)12(16)17-13-15(11)10(8)6-7-14(3,18-13)19-20-15/h8-13H,4-7H2,1-3H3/t8-,9-,10+,11+,12+,13-,14?,15-/m1/s1. The van der Waals surface area contributed by atoms with E-state index in [0.29, 0.717) is 23.7 Å². The lowest BCUT2D eigenvalue weighted by Gasteiger charge is -2.59. The first-order valence-corrected chi connectivity index (χ1v) is 8.72. The highest BCUT2D eigenvalue weighted by molar-refractivity contribution is 9.09. The summed E-state index contributed by atoms with van der Waals surface area (Å²) in [6.07, 6.45) is 4.06. The SMILES string of the molecule is C[C@H]1[C@@H](Br)O[C@@H]2OC3(C)CC[C@H]4[C@H](C)CC[C@@H]1[C@@]24OO3. The molecule has 1 unspecified atom stereocenters. The molecule has 1 aliphatic carbocycles. The Labute approximate surface area is 128 Å². The van der Waals surface area contributed by atoms with Gasteiger partial charge in [-0.1, -0.05) is 29.8 Å². The van der Waals surface area contributed by atoms with Gasteiger partial charge >= 0.3 is 0 Å². The molecule has 4 aliphatic heterocycles. The van der Waals surface area contributed by atoms with Crippen LogP contribution in [0.1, 0.15) is 46.5 Å². The zero-order valence-corrected chi connectivity index (χ0v) is 13.9. The number of hydrogen-bond acceptors (Lipinski definition) is 4. The van der Waals surface area contributed by atoms with Crippen molar-refractivity contribution >= 4 is 15.9 Å². The molecule has 5 heteroatoms. The molecule has 4 saturated heterocycles. The first kappa shape index (κ1) is 13.9. The minimum Gasteiger partial charge on any atom is -0.335 e. The van der Waals surface area contributed by atoms with Gasteiger partial charge in [-0.15, -0.1) is 0 Å². The Bertz CT molecular complexity index is 415. The molecule has 114 valence electrons. The van der Waals surface area contributed by atoms with Gasteiger partial charge in [0.1, 0.15) is 5.01 Å². The molecule has 5 aliphatic rings. The van der Waals surface area contributed by atoms with Gasteiger partial charge in [0, 0.05) is 12.3 Å². The highest BCUT2D eigenvalue weighted by Crippen LogP contribution is 2.60. The predicted molar refractivity (Wildman–Crippen MR) is 75.8 cm³/mol. The molecule has 2 bridgehead atoms. The van der Waals surface area contributed by atoms with Crippen LogP contribution in [-0.2, 0) is 19.2 Å². The van der Waals surface area contributed by atoms with Gasteiger partial charge in [0.15, 0.2) is 11.9 Å². The third kappa shape index (κ3) is 1.67. The van der Waals surface area contributed by atoms with E-state index in [-0.39, 0.29) is 11.3 Å². The van der Waals surface area contributed by atoms with Gasteiger partial charge in [-0.25, -0.2) is 9.78 Å². The largest absolute Gasteiger partial charge is 0.335 e. The van der Waals surface area contributed by atoms with E-state index in [9.17, 15) is 0 Å². The van der Waals surface area contributed by atoms with E-state index < -0.39 is 11.4 Å². The van der Waals surface area contributed by atoms with Crippen molar-refractivity contribution in [3.05, 3.63) is 0 Å². The van der Waals surface area contributed by atoms with Crippen LogP contribution in [0.25, 0.3) is 0 Å². The van der Waals surface area contributed by atoms with E-state index in [1.165, 1.54) is 6.42 Å². The molecule has 0 aromatic carbocycles. The number of halogens is 1. The van der Waals surface area contributed by atoms with E-state index >= 15 is 0 Å². The monoisotopic (exact) mass is 346 g/mol. The van der Waals surface area contributed by atoms with Crippen LogP contribution in [0.2, 0.25) is 0 Å². The van der Waals surface area contributed by atoms with Gasteiger partial charge in [0.25, 0.3) is 0 Å². The Hall–Kier alpha value is 0.320. The van der Waals surface area contributed by atoms with Gasteiger partial charge in [0.2, 0.25) is 5.79 Å². The van der Waals surface area contributed by atoms with E-state index in [0.717, 1.165) is 19.3 Å². The average molecular weight is 347 g/mol. The molecule has 0 amide bonds. The Morgan fingerprint density at radius 3 is 2.65 bits per heavy atom. The van der Waals surface area contributed by atoms with Crippen LogP contribution < -0.4 is 0 Å². The van der Waals surface area contributed by atoms with Crippen LogP contribution in [0.3, 0.4) is 0 Å². The molecule has 0 aromatic rings. The Balaban J connectivity index is 1.82. The number of hydrogen-bond donors (Lipinski definition) is 0. The van der Waals surface area contributed by atoms with Crippen molar-refractivity contribution in [2.45, 2.75) is 69.1 Å². The van der Waals surface area contributed by atoms with Crippen molar-refractivity contribution in [3.63, 3.8) is 0 Å². The van der Waals surface area contributed by atoms with Gasteiger partial charge in [0.05, 0.1) is 0 Å². The van der Waals surface area contributed by atoms with E-state index in [1.54, 1.807) is 0 Å². The number of rotatable bonds is 0. The number of ether oxygens (including phenoxy) is 2. The summed E-state index contributed by atoms with van der Waals surface area (Å²) < 4.78 is 12.3.